The van der Waals surface area contributed by atoms with Crippen LogP contribution in [-0.4, -0.2) is 16.1 Å². The van der Waals surface area contributed by atoms with Crippen molar-refractivity contribution >= 4 is 34.6 Å². The zero-order chi connectivity index (χ0) is 13.1. The second kappa shape index (κ2) is 5.37. The number of aryl methyl sites for hydroxylation is 1. The van der Waals surface area contributed by atoms with E-state index in [0.29, 0.717) is 16.4 Å². The Balaban J connectivity index is 2.28. The van der Waals surface area contributed by atoms with Gasteiger partial charge in [-0.1, -0.05) is 23.7 Å². The summed E-state index contributed by atoms with van der Waals surface area (Å²) in [7, 11) is 0. The van der Waals surface area contributed by atoms with Crippen molar-refractivity contribution in [1.82, 2.24) is 4.98 Å². The van der Waals surface area contributed by atoms with Gasteiger partial charge in [0.2, 0.25) is 0 Å². The fourth-order valence-corrected chi connectivity index (χ4v) is 2.34. The van der Waals surface area contributed by atoms with Crippen molar-refractivity contribution in [2.24, 2.45) is 0 Å². The summed E-state index contributed by atoms with van der Waals surface area (Å²) >= 11 is 7.41. The minimum atomic E-state index is -0.986. The molecule has 1 aromatic carbocycles. The van der Waals surface area contributed by atoms with Gasteiger partial charge in [-0.05, 0) is 19.1 Å². The van der Waals surface area contributed by atoms with Gasteiger partial charge in [0.15, 0.2) is 6.04 Å². The van der Waals surface area contributed by atoms with Crippen molar-refractivity contribution in [2.75, 3.05) is 5.32 Å². The summed E-state index contributed by atoms with van der Waals surface area (Å²) in [6.45, 7) is 1.84. The quantitative estimate of drug-likeness (QED) is 0.903. The van der Waals surface area contributed by atoms with E-state index in [1.165, 1.54) is 11.3 Å². The molecular formula is C12H11ClN2O2S. The Kier molecular flexibility index (Phi) is 3.84. The standard InChI is InChI=1S/C12H11ClN2O2S/c1-7-14-10(6-18-7)11(12(16)17)15-9-5-3-2-4-8(9)13/h2-6,11,15H,1H3,(H,16,17). The number of rotatable bonds is 4. The Morgan fingerprint density at radius 2 is 2.22 bits per heavy atom. The molecule has 0 spiro atoms. The van der Waals surface area contributed by atoms with Crippen LogP contribution in [0.2, 0.25) is 5.02 Å². The summed E-state index contributed by atoms with van der Waals surface area (Å²) in [6.07, 6.45) is 0. The van der Waals surface area contributed by atoms with Crippen molar-refractivity contribution in [2.45, 2.75) is 13.0 Å². The summed E-state index contributed by atoms with van der Waals surface area (Å²) < 4.78 is 0. The molecule has 0 saturated heterocycles. The molecule has 2 rings (SSSR count). The molecule has 6 heteroatoms. The monoisotopic (exact) mass is 282 g/mol. The van der Waals surface area contributed by atoms with Crippen molar-refractivity contribution in [1.29, 1.82) is 0 Å². The van der Waals surface area contributed by atoms with Gasteiger partial charge in [0.25, 0.3) is 0 Å². The van der Waals surface area contributed by atoms with Gasteiger partial charge in [0.05, 0.1) is 21.4 Å². The molecule has 1 heterocycles. The second-order valence-corrected chi connectivity index (χ2v) is 5.16. The normalized spacial score (nSPS) is 12.1. The van der Waals surface area contributed by atoms with E-state index >= 15 is 0 Å². The number of nitrogens with zero attached hydrogens (tertiary/aromatic N) is 1. The predicted octanol–water partition coefficient (Wildman–Crippen LogP) is 3.34. The van der Waals surface area contributed by atoms with Crippen LogP contribution in [0.15, 0.2) is 29.6 Å². The third kappa shape index (κ3) is 2.80. The lowest BCUT2D eigenvalue weighted by Crippen LogP contribution is -2.21. The van der Waals surface area contributed by atoms with Gasteiger partial charge in [0.1, 0.15) is 0 Å². The molecule has 94 valence electrons. The summed E-state index contributed by atoms with van der Waals surface area (Å²) in [5.74, 6) is -0.986. The predicted molar refractivity (Wildman–Crippen MR) is 72.3 cm³/mol. The first-order chi connectivity index (χ1) is 8.58. The summed E-state index contributed by atoms with van der Waals surface area (Å²) in [5, 5.41) is 15.2. The van der Waals surface area contributed by atoms with E-state index in [9.17, 15) is 9.90 Å². The summed E-state index contributed by atoms with van der Waals surface area (Å²) in [5.41, 5.74) is 1.07. The molecular weight excluding hydrogens is 272 g/mol. The van der Waals surface area contributed by atoms with Crippen LogP contribution in [0, 0.1) is 6.92 Å². The molecule has 0 radical (unpaired) electrons. The van der Waals surface area contributed by atoms with Crippen molar-refractivity contribution in [3.63, 3.8) is 0 Å². The molecule has 0 aliphatic carbocycles. The third-order valence-corrected chi connectivity index (χ3v) is 3.47. The van der Waals surface area contributed by atoms with E-state index in [1.54, 1.807) is 29.6 Å². The molecule has 0 amide bonds. The summed E-state index contributed by atoms with van der Waals surface area (Å²) in [6, 6.07) is 6.12. The van der Waals surface area contributed by atoms with Crippen molar-refractivity contribution in [3.8, 4) is 0 Å². The Morgan fingerprint density at radius 1 is 1.50 bits per heavy atom. The van der Waals surface area contributed by atoms with E-state index in [-0.39, 0.29) is 0 Å². The highest BCUT2D eigenvalue weighted by Gasteiger charge is 2.22. The van der Waals surface area contributed by atoms with E-state index in [2.05, 4.69) is 10.3 Å². The number of hydrogen-bond donors (Lipinski definition) is 2. The lowest BCUT2D eigenvalue weighted by atomic mass is 10.2. The molecule has 1 aromatic heterocycles. The first kappa shape index (κ1) is 12.9. The molecule has 4 nitrogen and oxygen atoms in total. The van der Waals surface area contributed by atoms with E-state index < -0.39 is 12.0 Å². The van der Waals surface area contributed by atoms with Crippen LogP contribution in [0.5, 0.6) is 0 Å². The van der Waals surface area contributed by atoms with Gasteiger partial charge in [-0.15, -0.1) is 11.3 Å². The number of nitrogens with one attached hydrogen (secondary N) is 1. The smallest absolute Gasteiger partial charge is 0.332 e. The van der Waals surface area contributed by atoms with Crippen LogP contribution in [0.1, 0.15) is 16.7 Å². The maximum absolute atomic E-state index is 11.3. The van der Waals surface area contributed by atoms with Crippen LogP contribution in [0.3, 0.4) is 0 Å². The average molecular weight is 283 g/mol. The maximum atomic E-state index is 11.3. The highest BCUT2D eigenvalue weighted by molar-refractivity contribution is 7.09. The molecule has 2 aromatic rings. The molecule has 0 aliphatic rings. The first-order valence-electron chi connectivity index (χ1n) is 5.24. The number of carboxylic acids is 1. The van der Waals surface area contributed by atoms with Crippen LogP contribution < -0.4 is 5.32 Å². The van der Waals surface area contributed by atoms with Crippen molar-refractivity contribution in [3.05, 3.63) is 45.4 Å². The van der Waals surface area contributed by atoms with Crippen LogP contribution in [0.25, 0.3) is 0 Å². The van der Waals surface area contributed by atoms with E-state index in [1.807, 2.05) is 6.92 Å². The molecule has 18 heavy (non-hydrogen) atoms. The number of thiazole rings is 1. The number of hydrogen-bond acceptors (Lipinski definition) is 4. The number of carbonyl (C=O) groups is 1. The van der Waals surface area contributed by atoms with Gasteiger partial charge >= 0.3 is 5.97 Å². The lowest BCUT2D eigenvalue weighted by molar-refractivity contribution is -0.138. The highest BCUT2D eigenvalue weighted by Crippen LogP contribution is 2.26. The topological polar surface area (TPSA) is 62.2 Å². The number of para-hydroxylation sites is 1. The minimum Gasteiger partial charge on any atom is -0.479 e. The number of anilines is 1. The fraction of sp³-hybridized carbons (Fsp3) is 0.167. The molecule has 1 atom stereocenters. The lowest BCUT2D eigenvalue weighted by Gasteiger charge is -2.14. The maximum Gasteiger partial charge on any atom is 0.332 e. The molecule has 1 unspecified atom stereocenters. The third-order valence-electron chi connectivity index (χ3n) is 2.35. The molecule has 0 aliphatic heterocycles. The van der Waals surface area contributed by atoms with Crippen LogP contribution >= 0.6 is 22.9 Å². The van der Waals surface area contributed by atoms with E-state index in [0.717, 1.165) is 5.01 Å². The van der Waals surface area contributed by atoms with Gasteiger partial charge in [0, 0.05) is 5.38 Å². The van der Waals surface area contributed by atoms with Crippen LogP contribution in [0.4, 0.5) is 5.69 Å². The number of aliphatic carboxylic acids is 1. The molecule has 2 N–H and O–H groups in total. The number of carboxylic acid groups (broad SMARTS) is 1. The van der Waals surface area contributed by atoms with Crippen molar-refractivity contribution < 1.29 is 9.90 Å². The van der Waals surface area contributed by atoms with Gasteiger partial charge in [-0.25, -0.2) is 9.78 Å². The summed E-state index contributed by atoms with van der Waals surface area (Å²) in [4.78, 5) is 15.5. The Hall–Kier alpha value is -1.59. The SMILES string of the molecule is Cc1nc(C(Nc2ccccc2Cl)C(=O)O)cs1. The average Bonchev–Trinajstić information content (AvgIpc) is 2.74. The first-order valence-corrected chi connectivity index (χ1v) is 6.49. The largest absolute Gasteiger partial charge is 0.479 e. The van der Waals surface area contributed by atoms with Crippen LogP contribution in [-0.2, 0) is 4.79 Å². The van der Waals surface area contributed by atoms with Gasteiger partial charge < -0.3 is 10.4 Å². The zero-order valence-corrected chi connectivity index (χ0v) is 11.1. The minimum absolute atomic E-state index is 0.482. The number of halogens is 1. The number of aromatic nitrogens is 1. The Morgan fingerprint density at radius 3 is 2.78 bits per heavy atom. The van der Waals surface area contributed by atoms with Gasteiger partial charge in [-0.3, -0.25) is 0 Å². The van der Waals surface area contributed by atoms with Gasteiger partial charge in [-0.2, -0.15) is 0 Å². The molecule has 0 bridgehead atoms. The Labute approximate surface area is 113 Å². The molecule has 0 fully saturated rings. The highest BCUT2D eigenvalue weighted by atomic mass is 35.5. The fourth-order valence-electron chi connectivity index (χ4n) is 1.51. The Bertz CT molecular complexity index is 571. The number of benzene rings is 1. The van der Waals surface area contributed by atoms with E-state index in [4.69, 9.17) is 11.6 Å². The second-order valence-electron chi connectivity index (χ2n) is 3.69. The zero-order valence-electron chi connectivity index (χ0n) is 9.55. The molecule has 0 saturated carbocycles.